The third-order valence-electron chi connectivity index (χ3n) is 6.21. The SMILES string of the molecule is CCC1(OC(=O)C(C)(CC(C)(C)C)C(C)(C)C)CCCCCCC1. The monoisotopic (exact) mass is 338 g/mol. The van der Waals surface area contributed by atoms with Crippen molar-refractivity contribution in [3.05, 3.63) is 0 Å². The molecule has 1 atom stereocenters. The molecule has 0 radical (unpaired) electrons. The highest BCUT2D eigenvalue weighted by molar-refractivity contribution is 5.78. The molecule has 0 aliphatic heterocycles. The number of hydrogen-bond acceptors (Lipinski definition) is 2. The lowest BCUT2D eigenvalue weighted by Gasteiger charge is -2.46. The fraction of sp³-hybridized carbons (Fsp3) is 0.955. The molecule has 0 amide bonds. The molecule has 2 heteroatoms. The molecule has 0 spiro atoms. The van der Waals surface area contributed by atoms with E-state index in [0.717, 1.165) is 25.7 Å². The summed E-state index contributed by atoms with van der Waals surface area (Å²) in [7, 11) is 0. The lowest BCUT2D eigenvalue weighted by molar-refractivity contribution is -0.184. The first-order valence-corrected chi connectivity index (χ1v) is 10.1. The van der Waals surface area contributed by atoms with Gasteiger partial charge in [-0.25, -0.2) is 0 Å². The van der Waals surface area contributed by atoms with Crippen LogP contribution < -0.4 is 0 Å². The van der Waals surface area contributed by atoms with Gasteiger partial charge >= 0.3 is 5.97 Å². The predicted molar refractivity (Wildman–Crippen MR) is 103 cm³/mol. The largest absolute Gasteiger partial charge is 0.459 e. The van der Waals surface area contributed by atoms with Crippen LogP contribution in [0.3, 0.4) is 0 Å². The van der Waals surface area contributed by atoms with Gasteiger partial charge in [0.05, 0.1) is 5.41 Å². The maximum Gasteiger partial charge on any atom is 0.312 e. The van der Waals surface area contributed by atoms with Crippen LogP contribution in [0.2, 0.25) is 0 Å². The molecule has 0 heterocycles. The van der Waals surface area contributed by atoms with E-state index < -0.39 is 5.41 Å². The van der Waals surface area contributed by atoms with Crippen molar-refractivity contribution in [1.82, 2.24) is 0 Å². The molecule has 0 aromatic heterocycles. The molecule has 142 valence electrons. The molecular weight excluding hydrogens is 296 g/mol. The number of esters is 1. The highest BCUT2D eigenvalue weighted by atomic mass is 16.6. The van der Waals surface area contributed by atoms with Gasteiger partial charge in [0.2, 0.25) is 0 Å². The number of hydrogen-bond donors (Lipinski definition) is 0. The van der Waals surface area contributed by atoms with Crippen LogP contribution in [-0.2, 0) is 9.53 Å². The molecule has 0 N–H and O–H groups in total. The molecule has 1 unspecified atom stereocenters. The van der Waals surface area contributed by atoms with Crippen LogP contribution >= 0.6 is 0 Å². The van der Waals surface area contributed by atoms with E-state index in [1.807, 2.05) is 0 Å². The van der Waals surface area contributed by atoms with E-state index in [1.165, 1.54) is 32.1 Å². The van der Waals surface area contributed by atoms with Crippen molar-refractivity contribution in [3.63, 3.8) is 0 Å². The first kappa shape index (κ1) is 21.5. The highest BCUT2D eigenvalue weighted by Gasteiger charge is 2.49. The summed E-state index contributed by atoms with van der Waals surface area (Å²) < 4.78 is 6.36. The van der Waals surface area contributed by atoms with Gasteiger partial charge in [0, 0.05) is 0 Å². The second-order valence-electron chi connectivity index (χ2n) is 10.5. The Morgan fingerprint density at radius 3 is 1.71 bits per heavy atom. The average molecular weight is 339 g/mol. The zero-order valence-corrected chi connectivity index (χ0v) is 17.7. The van der Waals surface area contributed by atoms with Gasteiger partial charge in [0.25, 0.3) is 0 Å². The third-order valence-corrected chi connectivity index (χ3v) is 6.21. The van der Waals surface area contributed by atoms with Crippen LogP contribution in [0, 0.1) is 16.2 Å². The number of rotatable bonds is 4. The molecular formula is C22H42O2. The first-order chi connectivity index (χ1) is 10.9. The lowest BCUT2D eigenvalue weighted by atomic mass is 9.61. The predicted octanol–water partition coefficient (Wildman–Crippen LogP) is 6.91. The maximum absolute atomic E-state index is 13.4. The van der Waals surface area contributed by atoms with Gasteiger partial charge in [-0.3, -0.25) is 4.79 Å². The molecule has 1 aliphatic carbocycles. The minimum atomic E-state index is -0.463. The van der Waals surface area contributed by atoms with Crippen molar-refractivity contribution in [2.24, 2.45) is 16.2 Å². The van der Waals surface area contributed by atoms with E-state index in [-0.39, 0.29) is 22.4 Å². The average Bonchev–Trinajstić information content (AvgIpc) is 2.38. The van der Waals surface area contributed by atoms with E-state index >= 15 is 0 Å². The van der Waals surface area contributed by atoms with Crippen molar-refractivity contribution in [3.8, 4) is 0 Å². The zero-order chi connectivity index (χ0) is 18.6. The van der Waals surface area contributed by atoms with E-state index in [9.17, 15) is 4.79 Å². The molecule has 0 bridgehead atoms. The molecule has 1 fully saturated rings. The Bertz CT molecular complexity index is 403. The van der Waals surface area contributed by atoms with Crippen LogP contribution in [-0.4, -0.2) is 11.6 Å². The fourth-order valence-corrected chi connectivity index (χ4v) is 4.09. The second kappa shape index (κ2) is 7.79. The van der Waals surface area contributed by atoms with E-state index in [4.69, 9.17) is 4.74 Å². The van der Waals surface area contributed by atoms with E-state index in [1.54, 1.807) is 0 Å². The Labute approximate surface area is 151 Å². The van der Waals surface area contributed by atoms with Crippen molar-refractivity contribution in [2.45, 2.75) is 119 Å². The molecule has 1 aliphatic rings. The number of carbonyl (C=O) groups excluding carboxylic acids is 1. The minimum Gasteiger partial charge on any atom is -0.459 e. The van der Waals surface area contributed by atoms with Crippen LogP contribution in [0.4, 0.5) is 0 Å². The Kier molecular flexibility index (Phi) is 6.98. The summed E-state index contributed by atoms with van der Waals surface area (Å²) in [6.07, 6.45) is 10.1. The Morgan fingerprint density at radius 1 is 0.875 bits per heavy atom. The fourth-order valence-electron chi connectivity index (χ4n) is 4.09. The topological polar surface area (TPSA) is 26.3 Å². The Hall–Kier alpha value is -0.530. The van der Waals surface area contributed by atoms with Crippen LogP contribution in [0.25, 0.3) is 0 Å². The van der Waals surface area contributed by atoms with Gasteiger partial charge in [-0.15, -0.1) is 0 Å². The molecule has 2 nitrogen and oxygen atoms in total. The summed E-state index contributed by atoms with van der Waals surface area (Å²) in [6.45, 7) is 17.5. The van der Waals surface area contributed by atoms with Crippen molar-refractivity contribution in [2.75, 3.05) is 0 Å². The van der Waals surface area contributed by atoms with Crippen molar-refractivity contribution >= 4 is 5.97 Å². The van der Waals surface area contributed by atoms with Crippen LogP contribution in [0.15, 0.2) is 0 Å². The van der Waals surface area contributed by atoms with Crippen molar-refractivity contribution in [1.29, 1.82) is 0 Å². The van der Waals surface area contributed by atoms with E-state index in [2.05, 4.69) is 55.4 Å². The van der Waals surface area contributed by atoms with Gasteiger partial charge in [-0.1, -0.05) is 67.7 Å². The maximum atomic E-state index is 13.4. The molecule has 1 rings (SSSR count). The van der Waals surface area contributed by atoms with Gasteiger partial charge in [-0.2, -0.15) is 0 Å². The summed E-state index contributed by atoms with van der Waals surface area (Å²) in [4.78, 5) is 13.4. The van der Waals surface area contributed by atoms with Crippen LogP contribution in [0.5, 0.6) is 0 Å². The Balaban J connectivity index is 3.04. The summed E-state index contributed by atoms with van der Waals surface area (Å²) in [6, 6.07) is 0. The van der Waals surface area contributed by atoms with Gasteiger partial charge in [0.1, 0.15) is 5.60 Å². The van der Waals surface area contributed by atoms with Crippen LogP contribution in [0.1, 0.15) is 113 Å². The molecule has 0 aromatic carbocycles. The molecule has 0 aromatic rings. The number of carbonyl (C=O) groups is 1. The molecule has 0 saturated heterocycles. The number of ether oxygens (including phenoxy) is 1. The zero-order valence-electron chi connectivity index (χ0n) is 17.7. The standard InChI is InChI=1S/C22H42O2/c1-9-22(15-13-11-10-12-14-16-22)24-18(23)21(8,20(5,6)7)17-19(2,3)4/h9-17H2,1-8H3. The third kappa shape index (κ3) is 5.49. The molecule has 1 saturated carbocycles. The second-order valence-corrected chi connectivity index (χ2v) is 10.5. The van der Waals surface area contributed by atoms with Gasteiger partial charge < -0.3 is 4.74 Å². The summed E-state index contributed by atoms with van der Waals surface area (Å²) in [5, 5.41) is 0. The summed E-state index contributed by atoms with van der Waals surface area (Å²) in [5.41, 5.74) is -0.715. The van der Waals surface area contributed by atoms with Gasteiger partial charge in [0.15, 0.2) is 0 Å². The minimum absolute atomic E-state index is 0.0207. The van der Waals surface area contributed by atoms with Crippen molar-refractivity contribution < 1.29 is 9.53 Å². The lowest BCUT2D eigenvalue weighted by Crippen LogP contribution is -2.48. The summed E-state index contributed by atoms with van der Waals surface area (Å²) >= 11 is 0. The van der Waals surface area contributed by atoms with E-state index in [0.29, 0.717) is 0 Å². The quantitative estimate of drug-likeness (QED) is 0.520. The highest BCUT2D eigenvalue weighted by Crippen LogP contribution is 2.48. The van der Waals surface area contributed by atoms with Gasteiger partial charge in [-0.05, 0) is 56.3 Å². The molecule has 24 heavy (non-hydrogen) atoms. The summed E-state index contributed by atoms with van der Waals surface area (Å²) in [5.74, 6) is 0.0207. The first-order valence-electron chi connectivity index (χ1n) is 10.1. The smallest absolute Gasteiger partial charge is 0.312 e. The Morgan fingerprint density at radius 2 is 1.33 bits per heavy atom. The normalized spacial score (nSPS) is 22.2.